The highest BCUT2D eigenvalue weighted by Gasteiger charge is 2.07. The maximum Gasteiger partial charge on any atom is 0.251 e. The molecule has 0 fully saturated rings. The van der Waals surface area contributed by atoms with Crippen LogP contribution in [0.4, 0.5) is 5.69 Å². The molecule has 1 aromatic carbocycles. The van der Waals surface area contributed by atoms with E-state index in [1.165, 1.54) is 0 Å². The molecule has 3 N–H and O–H groups in total. The van der Waals surface area contributed by atoms with Gasteiger partial charge in [-0.15, -0.1) is 11.3 Å². The lowest BCUT2D eigenvalue weighted by molar-refractivity contribution is 0.0954. The monoisotopic (exact) mass is 295 g/mol. The number of nitrogens with two attached hydrogens (primary N) is 1. The predicted octanol–water partition coefficient (Wildman–Crippen LogP) is 2.66. The Labute approximate surface area is 120 Å². The molecule has 2 rings (SSSR count). The fourth-order valence-electron chi connectivity index (χ4n) is 1.57. The van der Waals surface area contributed by atoms with E-state index in [0.29, 0.717) is 22.8 Å². The summed E-state index contributed by atoms with van der Waals surface area (Å²) in [6.07, 6.45) is 0.729. The van der Waals surface area contributed by atoms with Gasteiger partial charge < -0.3 is 11.1 Å². The molecule has 0 unspecified atom stereocenters. The summed E-state index contributed by atoms with van der Waals surface area (Å²) in [6, 6.07) is 4.85. The zero-order valence-electron chi connectivity index (χ0n) is 10.4. The van der Waals surface area contributed by atoms with Crippen molar-refractivity contribution in [2.75, 3.05) is 12.3 Å². The van der Waals surface area contributed by atoms with Crippen molar-refractivity contribution in [1.29, 1.82) is 0 Å². The van der Waals surface area contributed by atoms with E-state index >= 15 is 0 Å². The summed E-state index contributed by atoms with van der Waals surface area (Å²) >= 11 is 7.48. The zero-order valence-corrected chi connectivity index (χ0v) is 12.0. The van der Waals surface area contributed by atoms with Crippen LogP contribution in [0.25, 0.3) is 0 Å². The fraction of sp³-hybridized carbons (Fsp3) is 0.231. The number of nitrogens with one attached hydrogen (secondary N) is 1. The van der Waals surface area contributed by atoms with Crippen LogP contribution in [-0.2, 0) is 6.42 Å². The molecule has 19 heavy (non-hydrogen) atoms. The molecule has 0 bridgehead atoms. The van der Waals surface area contributed by atoms with Crippen LogP contribution in [0.15, 0.2) is 23.6 Å². The van der Waals surface area contributed by atoms with Gasteiger partial charge in [0, 0.05) is 29.6 Å². The molecule has 2 aromatic rings. The van der Waals surface area contributed by atoms with Crippen LogP contribution in [0.2, 0.25) is 5.02 Å². The number of hydrogen-bond acceptors (Lipinski definition) is 4. The number of nitrogen functional groups attached to an aromatic ring is 1. The first-order valence-electron chi connectivity index (χ1n) is 5.80. The molecule has 0 radical (unpaired) electrons. The average Bonchev–Trinajstić information content (AvgIpc) is 2.78. The average molecular weight is 296 g/mol. The zero-order chi connectivity index (χ0) is 13.8. The summed E-state index contributed by atoms with van der Waals surface area (Å²) in [5.41, 5.74) is 7.59. The molecule has 0 saturated carbocycles. The standard InChI is InChI=1S/C13H14ClN3OS/c1-8-7-19-12(17-8)4-5-16-13(18)9-2-3-11(15)10(14)6-9/h2-3,6-7H,4-5,15H2,1H3,(H,16,18). The largest absolute Gasteiger partial charge is 0.398 e. The van der Waals surface area contributed by atoms with Crippen molar-refractivity contribution in [3.05, 3.63) is 44.9 Å². The van der Waals surface area contributed by atoms with E-state index in [-0.39, 0.29) is 5.91 Å². The van der Waals surface area contributed by atoms with Gasteiger partial charge in [0.1, 0.15) is 0 Å². The van der Waals surface area contributed by atoms with Crippen LogP contribution >= 0.6 is 22.9 Å². The number of carbonyl (C=O) groups is 1. The number of thiazole rings is 1. The maximum absolute atomic E-state index is 11.9. The van der Waals surface area contributed by atoms with Gasteiger partial charge in [0.05, 0.1) is 15.7 Å². The van der Waals surface area contributed by atoms with Crippen LogP contribution < -0.4 is 11.1 Å². The number of nitrogens with zero attached hydrogens (tertiary/aromatic N) is 1. The van der Waals surface area contributed by atoms with E-state index in [2.05, 4.69) is 10.3 Å². The van der Waals surface area contributed by atoms with E-state index in [1.54, 1.807) is 29.5 Å². The van der Waals surface area contributed by atoms with Crippen molar-refractivity contribution in [2.45, 2.75) is 13.3 Å². The summed E-state index contributed by atoms with van der Waals surface area (Å²) in [5.74, 6) is -0.157. The Morgan fingerprint density at radius 2 is 2.32 bits per heavy atom. The van der Waals surface area contributed by atoms with E-state index in [4.69, 9.17) is 17.3 Å². The Morgan fingerprint density at radius 3 is 2.95 bits per heavy atom. The van der Waals surface area contributed by atoms with Crippen LogP contribution in [0.3, 0.4) is 0 Å². The molecule has 0 saturated heterocycles. The number of benzene rings is 1. The van der Waals surface area contributed by atoms with Gasteiger partial charge in [0.15, 0.2) is 0 Å². The maximum atomic E-state index is 11.9. The lowest BCUT2D eigenvalue weighted by Crippen LogP contribution is -2.25. The van der Waals surface area contributed by atoms with Crippen molar-refractivity contribution in [3.63, 3.8) is 0 Å². The third kappa shape index (κ3) is 3.68. The van der Waals surface area contributed by atoms with Gasteiger partial charge >= 0.3 is 0 Å². The number of anilines is 1. The van der Waals surface area contributed by atoms with E-state index in [0.717, 1.165) is 17.1 Å². The molecular weight excluding hydrogens is 282 g/mol. The van der Waals surface area contributed by atoms with Crippen LogP contribution in [0, 0.1) is 6.92 Å². The van der Waals surface area contributed by atoms with Crippen molar-refractivity contribution in [1.82, 2.24) is 10.3 Å². The van der Waals surface area contributed by atoms with Crippen LogP contribution in [0.5, 0.6) is 0 Å². The molecule has 0 aliphatic rings. The molecule has 1 heterocycles. The van der Waals surface area contributed by atoms with Gasteiger partial charge in [-0.25, -0.2) is 4.98 Å². The second-order valence-corrected chi connectivity index (χ2v) is 5.47. The van der Waals surface area contributed by atoms with Gasteiger partial charge in [-0.3, -0.25) is 4.79 Å². The van der Waals surface area contributed by atoms with Crippen molar-refractivity contribution < 1.29 is 4.79 Å². The van der Waals surface area contributed by atoms with Crippen LogP contribution in [-0.4, -0.2) is 17.4 Å². The van der Waals surface area contributed by atoms with Crippen molar-refractivity contribution in [2.24, 2.45) is 0 Å². The number of aryl methyl sites for hydroxylation is 1. The smallest absolute Gasteiger partial charge is 0.251 e. The Kier molecular flexibility index (Phi) is 4.39. The van der Waals surface area contributed by atoms with Crippen molar-refractivity contribution in [3.8, 4) is 0 Å². The summed E-state index contributed by atoms with van der Waals surface area (Å²) in [5, 5.41) is 6.24. The quantitative estimate of drug-likeness (QED) is 0.852. The molecule has 0 aliphatic heterocycles. The van der Waals surface area contributed by atoms with Crippen LogP contribution in [0.1, 0.15) is 21.1 Å². The first-order chi connectivity index (χ1) is 9.06. The molecule has 6 heteroatoms. The second kappa shape index (κ2) is 6.04. The Hall–Kier alpha value is -1.59. The lowest BCUT2D eigenvalue weighted by Gasteiger charge is -2.05. The third-order valence-electron chi connectivity index (χ3n) is 2.55. The molecular formula is C13H14ClN3OS. The first kappa shape index (κ1) is 13.8. The molecule has 0 aliphatic carbocycles. The number of aromatic nitrogens is 1. The molecule has 0 spiro atoms. The summed E-state index contributed by atoms with van der Waals surface area (Å²) in [7, 11) is 0. The Morgan fingerprint density at radius 1 is 1.53 bits per heavy atom. The van der Waals surface area contributed by atoms with Gasteiger partial charge in [0.25, 0.3) is 5.91 Å². The fourth-order valence-corrected chi connectivity index (χ4v) is 2.53. The number of carbonyl (C=O) groups excluding carboxylic acids is 1. The summed E-state index contributed by atoms with van der Waals surface area (Å²) in [6.45, 7) is 2.50. The van der Waals surface area contributed by atoms with Gasteiger partial charge in [-0.05, 0) is 25.1 Å². The molecule has 0 atom stereocenters. The minimum Gasteiger partial charge on any atom is -0.398 e. The highest BCUT2D eigenvalue weighted by molar-refractivity contribution is 7.09. The van der Waals surface area contributed by atoms with E-state index < -0.39 is 0 Å². The third-order valence-corrected chi connectivity index (χ3v) is 3.91. The summed E-state index contributed by atoms with van der Waals surface area (Å²) in [4.78, 5) is 16.2. The van der Waals surface area contributed by atoms with Gasteiger partial charge in [-0.2, -0.15) is 0 Å². The topological polar surface area (TPSA) is 68.0 Å². The Balaban J connectivity index is 1.89. The molecule has 100 valence electrons. The molecule has 1 aromatic heterocycles. The highest BCUT2D eigenvalue weighted by atomic mass is 35.5. The number of hydrogen-bond donors (Lipinski definition) is 2. The Bertz CT molecular complexity index is 597. The molecule has 1 amide bonds. The van der Waals surface area contributed by atoms with E-state index in [9.17, 15) is 4.79 Å². The van der Waals surface area contributed by atoms with E-state index in [1.807, 2.05) is 12.3 Å². The van der Waals surface area contributed by atoms with Gasteiger partial charge in [-0.1, -0.05) is 11.6 Å². The number of halogens is 1. The highest BCUT2D eigenvalue weighted by Crippen LogP contribution is 2.19. The van der Waals surface area contributed by atoms with Crippen molar-refractivity contribution >= 4 is 34.5 Å². The normalized spacial score (nSPS) is 10.4. The second-order valence-electron chi connectivity index (χ2n) is 4.12. The summed E-state index contributed by atoms with van der Waals surface area (Å²) < 4.78 is 0. The lowest BCUT2D eigenvalue weighted by atomic mass is 10.2. The molecule has 4 nitrogen and oxygen atoms in total. The SMILES string of the molecule is Cc1csc(CCNC(=O)c2ccc(N)c(Cl)c2)n1. The first-order valence-corrected chi connectivity index (χ1v) is 7.06. The predicted molar refractivity (Wildman–Crippen MR) is 78.8 cm³/mol. The number of rotatable bonds is 4. The minimum absolute atomic E-state index is 0.157. The minimum atomic E-state index is -0.157. The number of amides is 1. The van der Waals surface area contributed by atoms with Gasteiger partial charge in [0.2, 0.25) is 0 Å².